The summed E-state index contributed by atoms with van der Waals surface area (Å²) in [6.07, 6.45) is 0. The molecule has 0 aliphatic carbocycles. The Balaban J connectivity index is 2.01. The van der Waals surface area contributed by atoms with E-state index in [0.717, 1.165) is 11.3 Å². The third kappa shape index (κ3) is 4.35. The minimum absolute atomic E-state index is 0.362. The lowest BCUT2D eigenvalue weighted by molar-refractivity contribution is 0.0734. The number of aryl methyl sites for hydroxylation is 2. The van der Waals surface area contributed by atoms with Gasteiger partial charge in [-0.3, -0.25) is 0 Å². The van der Waals surface area contributed by atoms with Crippen LogP contribution in [0.2, 0.25) is 0 Å². The predicted molar refractivity (Wildman–Crippen MR) is 87.6 cm³/mol. The molecule has 0 saturated heterocycles. The molecule has 2 aromatic carbocycles. The molecule has 0 aliphatic rings. The van der Waals surface area contributed by atoms with Gasteiger partial charge in [0.05, 0.1) is 12.2 Å². The lowest BCUT2D eigenvalue weighted by Gasteiger charge is -2.09. The summed E-state index contributed by atoms with van der Waals surface area (Å²) in [5.41, 5.74) is 2.78. The zero-order valence-corrected chi connectivity index (χ0v) is 13.6. The number of ether oxygens (including phenoxy) is 2. The van der Waals surface area contributed by atoms with Gasteiger partial charge in [-0.1, -0.05) is 19.9 Å². The quantitative estimate of drug-likeness (QED) is 0.599. The molecular weight excluding hydrogens is 276 g/mol. The van der Waals surface area contributed by atoms with Gasteiger partial charge < -0.3 is 9.47 Å². The maximum absolute atomic E-state index is 12.1. The van der Waals surface area contributed by atoms with Gasteiger partial charge in [-0.25, -0.2) is 4.79 Å². The summed E-state index contributed by atoms with van der Waals surface area (Å²) in [5.74, 6) is 1.43. The second-order valence-electron chi connectivity index (χ2n) is 5.86. The van der Waals surface area contributed by atoms with Crippen LogP contribution in [0, 0.1) is 19.8 Å². The molecule has 0 spiro atoms. The van der Waals surface area contributed by atoms with Gasteiger partial charge in [0, 0.05) is 0 Å². The summed E-state index contributed by atoms with van der Waals surface area (Å²) in [4.78, 5) is 12.1. The molecule has 3 nitrogen and oxygen atoms in total. The Morgan fingerprint density at radius 3 is 2.18 bits per heavy atom. The van der Waals surface area contributed by atoms with E-state index >= 15 is 0 Å². The Bertz CT molecular complexity index is 642. The minimum atomic E-state index is -0.362. The molecule has 3 heteroatoms. The molecule has 22 heavy (non-hydrogen) atoms. The Kier molecular flexibility index (Phi) is 5.21. The highest BCUT2D eigenvalue weighted by Gasteiger charge is 2.09. The monoisotopic (exact) mass is 298 g/mol. The average molecular weight is 298 g/mol. The third-order valence-electron chi connectivity index (χ3n) is 3.36. The summed E-state index contributed by atoms with van der Waals surface area (Å²) in [5, 5.41) is 0. The fourth-order valence-electron chi connectivity index (χ4n) is 1.89. The molecule has 0 atom stereocenters. The number of esters is 1. The first-order valence-corrected chi connectivity index (χ1v) is 7.48. The maximum atomic E-state index is 12.1. The van der Waals surface area contributed by atoms with Gasteiger partial charge in [-0.05, 0) is 67.3 Å². The van der Waals surface area contributed by atoms with Crippen LogP contribution in [0.5, 0.6) is 11.5 Å². The van der Waals surface area contributed by atoms with E-state index in [1.807, 2.05) is 26.0 Å². The number of rotatable bonds is 5. The molecule has 0 fully saturated rings. The molecule has 0 aromatic heterocycles. The molecule has 2 rings (SSSR count). The SMILES string of the molecule is Cc1ccc(OC(=O)c2ccc(OCC(C)C)cc2)cc1C. The van der Waals surface area contributed by atoms with E-state index in [1.165, 1.54) is 5.56 Å². The second-order valence-corrected chi connectivity index (χ2v) is 5.86. The normalized spacial score (nSPS) is 10.6. The van der Waals surface area contributed by atoms with E-state index < -0.39 is 0 Å². The number of benzene rings is 2. The highest BCUT2D eigenvalue weighted by atomic mass is 16.5. The predicted octanol–water partition coefficient (Wildman–Crippen LogP) is 4.56. The molecule has 0 unspecified atom stereocenters. The van der Waals surface area contributed by atoms with Crippen LogP contribution in [0.4, 0.5) is 0 Å². The topological polar surface area (TPSA) is 35.5 Å². The highest BCUT2D eigenvalue weighted by molar-refractivity contribution is 5.91. The van der Waals surface area contributed by atoms with E-state index in [9.17, 15) is 4.79 Å². The summed E-state index contributed by atoms with van der Waals surface area (Å²) in [6.45, 7) is 8.86. The molecular formula is C19H22O3. The van der Waals surface area contributed by atoms with Gasteiger partial charge >= 0.3 is 5.97 Å². The molecule has 0 amide bonds. The van der Waals surface area contributed by atoms with Crippen LogP contribution < -0.4 is 9.47 Å². The standard InChI is InChI=1S/C19H22O3/c1-13(2)12-21-17-9-6-16(7-10-17)19(20)22-18-8-5-14(3)15(4)11-18/h5-11,13H,12H2,1-4H3. The van der Waals surface area contributed by atoms with Crippen LogP contribution in [0.1, 0.15) is 35.3 Å². The van der Waals surface area contributed by atoms with Crippen molar-refractivity contribution in [2.24, 2.45) is 5.92 Å². The van der Waals surface area contributed by atoms with Crippen molar-refractivity contribution in [2.45, 2.75) is 27.7 Å². The van der Waals surface area contributed by atoms with Crippen molar-refractivity contribution in [3.63, 3.8) is 0 Å². The first kappa shape index (κ1) is 16.1. The largest absolute Gasteiger partial charge is 0.493 e. The van der Waals surface area contributed by atoms with Crippen molar-refractivity contribution >= 4 is 5.97 Å². The first-order chi connectivity index (χ1) is 10.5. The number of hydrogen-bond donors (Lipinski definition) is 0. The molecule has 116 valence electrons. The smallest absolute Gasteiger partial charge is 0.343 e. The van der Waals surface area contributed by atoms with Crippen LogP contribution in [0.3, 0.4) is 0 Å². The van der Waals surface area contributed by atoms with Crippen molar-refractivity contribution in [1.29, 1.82) is 0 Å². The van der Waals surface area contributed by atoms with Crippen molar-refractivity contribution in [2.75, 3.05) is 6.61 Å². The van der Waals surface area contributed by atoms with Gasteiger partial charge in [0.15, 0.2) is 0 Å². The Morgan fingerprint density at radius 1 is 0.955 bits per heavy atom. The molecule has 0 bridgehead atoms. The van der Waals surface area contributed by atoms with Crippen LogP contribution in [-0.4, -0.2) is 12.6 Å². The van der Waals surface area contributed by atoms with Crippen molar-refractivity contribution < 1.29 is 14.3 Å². The molecule has 0 saturated carbocycles. The van der Waals surface area contributed by atoms with Crippen LogP contribution in [0.25, 0.3) is 0 Å². The number of hydrogen-bond acceptors (Lipinski definition) is 3. The van der Waals surface area contributed by atoms with E-state index in [2.05, 4.69) is 13.8 Å². The zero-order chi connectivity index (χ0) is 16.1. The molecule has 0 heterocycles. The van der Waals surface area contributed by atoms with E-state index in [4.69, 9.17) is 9.47 Å². The first-order valence-electron chi connectivity index (χ1n) is 7.48. The molecule has 2 aromatic rings. The van der Waals surface area contributed by atoms with Crippen LogP contribution >= 0.6 is 0 Å². The molecule has 0 N–H and O–H groups in total. The minimum Gasteiger partial charge on any atom is -0.493 e. The average Bonchev–Trinajstić information content (AvgIpc) is 2.49. The Hall–Kier alpha value is -2.29. The zero-order valence-electron chi connectivity index (χ0n) is 13.6. The lowest BCUT2D eigenvalue weighted by Crippen LogP contribution is -2.09. The van der Waals surface area contributed by atoms with Gasteiger partial charge in [-0.15, -0.1) is 0 Å². The van der Waals surface area contributed by atoms with Gasteiger partial charge in [0.2, 0.25) is 0 Å². The van der Waals surface area contributed by atoms with Gasteiger partial charge in [-0.2, -0.15) is 0 Å². The van der Waals surface area contributed by atoms with Crippen molar-refractivity contribution in [1.82, 2.24) is 0 Å². The number of carbonyl (C=O) groups is 1. The van der Waals surface area contributed by atoms with E-state index in [0.29, 0.717) is 23.8 Å². The lowest BCUT2D eigenvalue weighted by atomic mass is 10.1. The summed E-state index contributed by atoms with van der Waals surface area (Å²) >= 11 is 0. The van der Waals surface area contributed by atoms with Gasteiger partial charge in [0.1, 0.15) is 11.5 Å². The fourth-order valence-corrected chi connectivity index (χ4v) is 1.89. The second kappa shape index (κ2) is 7.12. The third-order valence-corrected chi connectivity index (χ3v) is 3.36. The van der Waals surface area contributed by atoms with Crippen LogP contribution in [0.15, 0.2) is 42.5 Å². The number of carbonyl (C=O) groups excluding carboxylic acids is 1. The Morgan fingerprint density at radius 2 is 1.59 bits per heavy atom. The Labute approximate surface area is 131 Å². The van der Waals surface area contributed by atoms with Crippen molar-refractivity contribution in [3.05, 3.63) is 59.2 Å². The summed E-state index contributed by atoms with van der Waals surface area (Å²) < 4.78 is 11.0. The molecule has 0 aliphatic heterocycles. The fraction of sp³-hybridized carbons (Fsp3) is 0.316. The van der Waals surface area contributed by atoms with Crippen molar-refractivity contribution in [3.8, 4) is 11.5 Å². The summed E-state index contributed by atoms with van der Waals surface area (Å²) in [7, 11) is 0. The van der Waals surface area contributed by atoms with E-state index in [-0.39, 0.29) is 5.97 Å². The van der Waals surface area contributed by atoms with Gasteiger partial charge in [0.25, 0.3) is 0 Å². The van der Waals surface area contributed by atoms with Crippen LogP contribution in [-0.2, 0) is 0 Å². The molecule has 0 radical (unpaired) electrons. The summed E-state index contributed by atoms with van der Waals surface area (Å²) in [6, 6.07) is 12.6. The highest BCUT2D eigenvalue weighted by Crippen LogP contribution is 2.19. The maximum Gasteiger partial charge on any atom is 0.343 e. The van der Waals surface area contributed by atoms with E-state index in [1.54, 1.807) is 30.3 Å².